The lowest BCUT2D eigenvalue weighted by Crippen LogP contribution is -2.39. The summed E-state index contributed by atoms with van der Waals surface area (Å²) in [6.07, 6.45) is 0.352. The summed E-state index contributed by atoms with van der Waals surface area (Å²) in [6, 6.07) is 13.9. The zero-order chi connectivity index (χ0) is 16.4. The molecule has 1 unspecified atom stereocenters. The van der Waals surface area contributed by atoms with Crippen LogP contribution in [0.1, 0.15) is 17.2 Å². The highest BCUT2D eigenvalue weighted by molar-refractivity contribution is 5.45. The van der Waals surface area contributed by atoms with Gasteiger partial charge in [-0.05, 0) is 33.7 Å². The van der Waals surface area contributed by atoms with Crippen LogP contribution in [0.4, 0.5) is 5.82 Å². The molecular formula is C16H15N7O. The summed E-state index contributed by atoms with van der Waals surface area (Å²) in [5.74, 6) is 0.816. The van der Waals surface area contributed by atoms with Crippen LogP contribution in [-0.2, 0) is 11.2 Å². The molecule has 0 saturated carbocycles. The Balaban J connectivity index is 1.57. The van der Waals surface area contributed by atoms with Crippen LogP contribution in [-0.4, -0.2) is 45.0 Å². The van der Waals surface area contributed by atoms with Crippen molar-refractivity contribution in [3.63, 3.8) is 0 Å². The molecule has 0 amide bonds. The topological polar surface area (TPSA) is 92.2 Å². The summed E-state index contributed by atoms with van der Waals surface area (Å²) in [4.78, 5) is 2.16. The van der Waals surface area contributed by atoms with Gasteiger partial charge >= 0.3 is 0 Å². The number of fused-ring (bicyclic) bond motifs is 1. The molecule has 3 heterocycles. The van der Waals surface area contributed by atoms with Gasteiger partial charge in [-0.3, -0.25) is 0 Å². The van der Waals surface area contributed by atoms with Crippen molar-refractivity contribution in [1.82, 2.24) is 25.3 Å². The molecule has 1 atom stereocenters. The molecular weight excluding hydrogens is 306 g/mol. The Morgan fingerprint density at radius 3 is 3.17 bits per heavy atom. The second kappa shape index (κ2) is 6.22. The van der Waals surface area contributed by atoms with Crippen molar-refractivity contribution < 1.29 is 4.74 Å². The lowest BCUT2D eigenvalue weighted by atomic mass is 10.0. The van der Waals surface area contributed by atoms with Gasteiger partial charge in [0.05, 0.1) is 19.1 Å². The van der Waals surface area contributed by atoms with E-state index in [-0.39, 0.29) is 6.10 Å². The second-order valence-corrected chi connectivity index (χ2v) is 5.60. The van der Waals surface area contributed by atoms with E-state index in [0.29, 0.717) is 25.2 Å². The van der Waals surface area contributed by atoms with Gasteiger partial charge < -0.3 is 9.64 Å². The molecule has 1 aliphatic rings. The Morgan fingerprint density at radius 1 is 1.29 bits per heavy atom. The van der Waals surface area contributed by atoms with E-state index >= 15 is 0 Å². The Hall–Kier alpha value is -3.05. The number of ether oxygens (including phenoxy) is 1. The Morgan fingerprint density at radius 2 is 2.25 bits per heavy atom. The number of hydrogen-bond acceptors (Lipinski definition) is 7. The number of aromatic nitrogens is 5. The van der Waals surface area contributed by atoms with Crippen molar-refractivity contribution in [1.29, 1.82) is 5.26 Å². The fourth-order valence-electron chi connectivity index (χ4n) is 2.86. The zero-order valence-corrected chi connectivity index (χ0v) is 12.9. The van der Waals surface area contributed by atoms with E-state index in [1.54, 1.807) is 0 Å². The van der Waals surface area contributed by atoms with Crippen LogP contribution in [0.5, 0.6) is 0 Å². The number of tetrazole rings is 1. The van der Waals surface area contributed by atoms with Gasteiger partial charge in [-0.25, -0.2) is 0 Å². The summed E-state index contributed by atoms with van der Waals surface area (Å²) in [6.45, 7) is 2.06. The molecule has 0 spiro atoms. The minimum absolute atomic E-state index is 0.0521. The quantitative estimate of drug-likeness (QED) is 0.714. The standard InChI is InChI=1S/C16H15N7O/c17-7-6-12-2-1-3-13(10-12)14-11-22(8-9-24-14)16-5-4-15-18-20-21-23(15)19-16/h1-5,10,14H,6,8-9,11H2. The molecule has 8 heteroatoms. The predicted molar refractivity (Wildman–Crippen MR) is 85.2 cm³/mol. The summed E-state index contributed by atoms with van der Waals surface area (Å²) >= 11 is 0. The van der Waals surface area contributed by atoms with Gasteiger partial charge in [0.1, 0.15) is 6.10 Å². The predicted octanol–water partition coefficient (Wildman–Crippen LogP) is 1.16. The van der Waals surface area contributed by atoms with Crippen LogP contribution < -0.4 is 4.90 Å². The normalized spacial score (nSPS) is 17.8. The average Bonchev–Trinajstić information content (AvgIpc) is 3.10. The molecule has 1 aromatic carbocycles. The van der Waals surface area contributed by atoms with E-state index in [2.05, 4.69) is 31.6 Å². The maximum Gasteiger partial charge on any atom is 0.200 e. The van der Waals surface area contributed by atoms with Crippen molar-refractivity contribution in [2.24, 2.45) is 0 Å². The zero-order valence-electron chi connectivity index (χ0n) is 12.9. The third-order valence-electron chi connectivity index (χ3n) is 4.05. The first-order chi connectivity index (χ1) is 11.8. The van der Waals surface area contributed by atoms with Crippen molar-refractivity contribution in [2.75, 3.05) is 24.6 Å². The van der Waals surface area contributed by atoms with E-state index < -0.39 is 0 Å². The first-order valence-electron chi connectivity index (χ1n) is 7.71. The fourth-order valence-corrected chi connectivity index (χ4v) is 2.86. The Bertz CT molecular complexity index is 901. The van der Waals surface area contributed by atoms with Crippen molar-refractivity contribution >= 4 is 11.5 Å². The number of nitrogens with zero attached hydrogens (tertiary/aromatic N) is 7. The lowest BCUT2D eigenvalue weighted by Gasteiger charge is -2.33. The van der Waals surface area contributed by atoms with Crippen LogP contribution in [0.3, 0.4) is 0 Å². The molecule has 0 aliphatic carbocycles. The number of nitriles is 1. The first-order valence-corrected chi connectivity index (χ1v) is 7.71. The largest absolute Gasteiger partial charge is 0.370 e. The van der Waals surface area contributed by atoms with Crippen LogP contribution in [0.15, 0.2) is 36.4 Å². The van der Waals surface area contributed by atoms with E-state index in [1.165, 1.54) is 4.63 Å². The molecule has 4 rings (SSSR count). The number of benzene rings is 1. The van der Waals surface area contributed by atoms with E-state index in [9.17, 15) is 0 Å². The van der Waals surface area contributed by atoms with Gasteiger partial charge in [0.15, 0.2) is 11.5 Å². The van der Waals surface area contributed by atoms with Crippen molar-refractivity contribution in [3.05, 3.63) is 47.5 Å². The van der Waals surface area contributed by atoms with Gasteiger partial charge in [0.2, 0.25) is 0 Å². The number of morpholine rings is 1. The molecule has 120 valence electrons. The number of hydrogen-bond donors (Lipinski definition) is 0. The fraction of sp³-hybridized carbons (Fsp3) is 0.312. The smallest absolute Gasteiger partial charge is 0.200 e. The monoisotopic (exact) mass is 321 g/mol. The Labute approximate surface area is 138 Å². The lowest BCUT2D eigenvalue weighted by molar-refractivity contribution is 0.0394. The molecule has 2 aromatic heterocycles. The van der Waals surface area contributed by atoms with Gasteiger partial charge in [-0.15, -0.1) is 14.8 Å². The van der Waals surface area contributed by atoms with E-state index in [0.717, 1.165) is 23.5 Å². The van der Waals surface area contributed by atoms with Gasteiger partial charge in [0, 0.05) is 13.1 Å². The molecule has 3 aromatic rings. The highest BCUT2D eigenvalue weighted by Crippen LogP contribution is 2.25. The summed E-state index contributed by atoms with van der Waals surface area (Å²) in [5, 5.41) is 24.6. The van der Waals surface area contributed by atoms with E-state index in [1.807, 2.05) is 36.4 Å². The van der Waals surface area contributed by atoms with Crippen LogP contribution in [0.2, 0.25) is 0 Å². The Kier molecular flexibility index (Phi) is 3.76. The van der Waals surface area contributed by atoms with E-state index in [4.69, 9.17) is 10.00 Å². The molecule has 1 fully saturated rings. The average molecular weight is 321 g/mol. The van der Waals surface area contributed by atoms with Crippen molar-refractivity contribution in [2.45, 2.75) is 12.5 Å². The van der Waals surface area contributed by atoms with Crippen LogP contribution >= 0.6 is 0 Å². The van der Waals surface area contributed by atoms with Gasteiger partial charge in [-0.1, -0.05) is 24.3 Å². The minimum Gasteiger partial charge on any atom is -0.370 e. The SMILES string of the molecule is N#CCc1cccc(C2CN(c3ccc4nnnn4n3)CCO2)c1. The van der Waals surface area contributed by atoms with Crippen molar-refractivity contribution in [3.8, 4) is 6.07 Å². The summed E-state index contributed by atoms with van der Waals surface area (Å²) < 4.78 is 7.35. The molecule has 24 heavy (non-hydrogen) atoms. The first kappa shape index (κ1) is 14.5. The molecule has 0 bridgehead atoms. The number of rotatable bonds is 3. The van der Waals surface area contributed by atoms with Crippen LogP contribution in [0.25, 0.3) is 5.65 Å². The highest BCUT2D eigenvalue weighted by atomic mass is 16.5. The van der Waals surface area contributed by atoms with Gasteiger partial charge in [0.25, 0.3) is 0 Å². The molecule has 0 N–H and O–H groups in total. The second-order valence-electron chi connectivity index (χ2n) is 5.60. The molecule has 8 nitrogen and oxygen atoms in total. The minimum atomic E-state index is -0.0521. The number of anilines is 1. The van der Waals surface area contributed by atoms with Gasteiger partial charge in [-0.2, -0.15) is 5.26 Å². The van der Waals surface area contributed by atoms with Crippen LogP contribution in [0, 0.1) is 11.3 Å². The maximum absolute atomic E-state index is 8.86. The third kappa shape index (κ3) is 2.77. The third-order valence-corrected chi connectivity index (χ3v) is 4.05. The molecule has 1 saturated heterocycles. The highest BCUT2D eigenvalue weighted by Gasteiger charge is 2.23. The molecule has 0 radical (unpaired) electrons. The summed E-state index contributed by atoms with van der Waals surface area (Å²) in [7, 11) is 0. The molecule has 1 aliphatic heterocycles. The maximum atomic E-state index is 8.86. The summed E-state index contributed by atoms with van der Waals surface area (Å²) in [5.41, 5.74) is 2.70.